The average molecular weight is 237 g/mol. The lowest BCUT2D eigenvalue weighted by Gasteiger charge is -2.08. The molecule has 0 saturated heterocycles. The summed E-state index contributed by atoms with van der Waals surface area (Å²) in [5.74, 6) is -0.888. The Labute approximate surface area is 99.0 Å². The summed E-state index contributed by atoms with van der Waals surface area (Å²) in [7, 11) is 0. The van der Waals surface area contributed by atoms with Crippen LogP contribution in [-0.2, 0) is 11.3 Å². The number of carbonyl (C=O) groups excluding carboxylic acids is 2. The molecule has 1 aromatic rings. The van der Waals surface area contributed by atoms with Gasteiger partial charge in [0, 0.05) is 12.7 Å². The molecule has 0 unspecified atom stereocenters. The van der Waals surface area contributed by atoms with Crippen molar-refractivity contribution in [3.63, 3.8) is 0 Å². The highest BCUT2D eigenvalue weighted by atomic mass is 16.5. The maximum atomic E-state index is 11.8. The quantitative estimate of drug-likeness (QED) is 0.584. The van der Waals surface area contributed by atoms with Crippen molar-refractivity contribution in [2.45, 2.75) is 27.3 Å². The van der Waals surface area contributed by atoms with E-state index in [2.05, 4.69) is 0 Å². The molecule has 0 aliphatic carbocycles. The minimum atomic E-state index is -0.530. The van der Waals surface area contributed by atoms with Gasteiger partial charge in [-0.1, -0.05) is 0 Å². The van der Waals surface area contributed by atoms with Gasteiger partial charge in [-0.25, -0.2) is 4.79 Å². The Bertz CT molecular complexity index is 502. The summed E-state index contributed by atoms with van der Waals surface area (Å²) < 4.78 is 6.16. The minimum Gasteiger partial charge on any atom is -0.462 e. The van der Waals surface area contributed by atoms with Crippen LogP contribution in [0.25, 0.3) is 0 Å². The lowest BCUT2D eigenvalue weighted by molar-refractivity contribution is 0.0525. The molecule has 0 atom stereocenters. The van der Waals surface area contributed by atoms with E-state index in [4.69, 9.17) is 4.74 Å². The number of carbonyl (C=O) groups is 2. The highest BCUT2D eigenvalue weighted by Gasteiger charge is 2.14. The fraction of sp³-hybridized carbons (Fsp3) is 0.417. The van der Waals surface area contributed by atoms with Crippen molar-refractivity contribution < 1.29 is 14.3 Å². The lowest BCUT2D eigenvalue weighted by Crippen LogP contribution is -2.26. The molecule has 92 valence electrons. The van der Waals surface area contributed by atoms with Crippen molar-refractivity contribution >= 4 is 11.8 Å². The molecule has 1 rings (SSSR count). The van der Waals surface area contributed by atoms with Crippen molar-refractivity contribution in [3.8, 4) is 0 Å². The number of rotatable bonds is 4. The Hall–Kier alpha value is -1.91. The molecule has 0 fully saturated rings. The maximum Gasteiger partial charge on any atom is 0.339 e. The predicted molar refractivity (Wildman–Crippen MR) is 62.3 cm³/mol. The van der Waals surface area contributed by atoms with Gasteiger partial charge in [-0.15, -0.1) is 0 Å². The maximum absolute atomic E-state index is 11.8. The first-order chi connectivity index (χ1) is 8.01. The van der Waals surface area contributed by atoms with E-state index >= 15 is 0 Å². The Morgan fingerprint density at radius 3 is 2.47 bits per heavy atom. The molecule has 5 heteroatoms. The molecule has 0 bridgehead atoms. The predicted octanol–water partition coefficient (Wildman–Crippen LogP) is 1.25. The van der Waals surface area contributed by atoms with E-state index in [1.165, 1.54) is 23.8 Å². The zero-order valence-corrected chi connectivity index (χ0v) is 10.1. The van der Waals surface area contributed by atoms with Gasteiger partial charge in [-0.05, 0) is 26.8 Å². The Morgan fingerprint density at radius 2 is 2.00 bits per heavy atom. The van der Waals surface area contributed by atoms with Crippen molar-refractivity contribution in [2.24, 2.45) is 0 Å². The molecule has 17 heavy (non-hydrogen) atoms. The SMILES string of the molecule is CCOC(=O)c1cc(C(C)=O)c(=O)n(CC)c1. The summed E-state index contributed by atoms with van der Waals surface area (Å²) in [5, 5.41) is 0. The Morgan fingerprint density at radius 1 is 1.35 bits per heavy atom. The third-order valence-corrected chi connectivity index (χ3v) is 2.32. The van der Waals surface area contributed by atoms with Crippen LogP contribution >= 0.6 is 0 Å². The molecule has 1 aromatic heterocycles. The summed E-state index contributed by atoms with van der Waals surface area (Å²) in [5.41, 5.74) is -0.149. The first-order valence-corrected chi connectivity index (χ1v) is 5.43. The number of Topliss-reactive ketones (excluding diaryl/α,β-unsaturated/α-hetero) is 1. The smallest absolute Gasteiger partial charge is 0.339 e. The van der Waals surface area contributed by atoms with E-state index < -0.39 is 5.97 Å². The number of esters is 1. The summed E-state index contributed by atoms with van der Waals surface area (Å²) in [4.78, 5) is 34.6. The third-order valence-electron chi connectivity index (χ3n) is 2.32. The average Bonchev–Trinajstić information content (AvgIpc) is 2.29. The summed E-state index contributed by atoms with van der Waals surface area (Å²) in [6.07, 6.45) is 1.41. The van der Waals surface area contributed by atoms with E-state index in [0.29, 0.717) is 6.54 Å². The van der Waals surface area contributed by atoms with E-state index in [0.717, 1.165) is 0 Å². The molecule has 0 aliphatic heterocycles. The van der Waals surface area contributed by atoms with Crippen molar-refractivity contribution in [1.82, 2.24) is 4.57 Å². The van der Waals surface area contributed by atoms with Gasteiger partial charge in [0.25, 0.3) is 5.56 Å². The first kappa shape index (κ1) is 13.2. The second kappa shape index (κ2) is 5.43. The monoisotopic (exact) mass is 237 g/mol. The topological polar surface area (TPSA) is 65.4 Å². The van der Waals surface area contributed by atoms with Gasteiger partial charge in [-0.2, -0.15) is 0 Å². The number of aryl methyl sites for hydroxylation is 1. The normalized spacial score (nSPS) is 10.1. The molecule has 0 spiro atoms. The largest absolute Gasteiger partial charge is 0.462 e. The number of pyridine rings is 1. The number of hydrogen-bond donors (Lipinski definition) is 0. The second-order valence-electron chi connectivity index (χ2n) is 3.51. The fourth-order valence-electron chi connectivity index (χ4n) is 1.45. The molecule has 5 nitrogen and oxygen atoms in total. The number of ether oxygens (including phenoxy) is 1. The van der Waals surface area contributed by atoms with Crippen LogP contribution in [0.5, 0.6) is 0 Å². The highest BCUT2D eigenvalue weighted by molar-refractivity contribution is 5.97. The van der Waals surface area contributed by atoms with Crippen LogP contribution in [0.15, 0.2) is 17.1 Å². The van der Waals surface area contributed by atoms with Gasteiger partial charge in [-0.3, -0.25) is 9.59 Å². The van der Waals surface area contributed by atoms with Gasteiger partial charge in [0.15, 0.2) is 5.78 Å². The zero-order valence-electron chi connectivity index (χ0n) is 10.1. The third kappa shape index (κ3) is 2.81. The first-order valence-electron chi connectivity index (χ1n) is 5.43. The molecule has 0 amide bonds. The molecule has 1 heterocycles. The van der Waals surface area contributed by atoms with Crippen LogP contribution in [0, 0.1) is 0 Å². The minimum absolute atomic E-state index is 0.0115. The van der Waals surface area contributed by atoms with Crippen molar-refractivity contribution in [1.29, 1.82) is 0 Å². The fourth-order valence-corrected chi connectivity index (χ4v) is 1.45. The summed E-state index contributed by atoms with van der Waals surface area (Å²) in [6, 6.07) is 1.29. The van der Waals surface area contributed by atoms with Crippen molar-refractivity contribution in [2.75, 3.05) is 6.61 Å². The van der Waals surface area contributed by atoms with Gasteiger partial charge >= 0.3 is 5.97 Å². The van der Waals surface area contributed by atoms with Crippen LogP contribution in [-0.4, -0.2) is 22.9 Å². The van der Waals surface area contributed by atoms with Gasteiger partial charge in [0.2, 0.25) is 0 Å². The number of hydrogen-bond acceptors (Lipinski definition) is 4. The highest BCUT2D eigenvalue weighted by Crippen LogP contribution is 2.04. The van der Waals surface area contributed by atoms with Crippen LogP contribution in [0.2, 0.25) is 0 Å². The number of nitrogens with zero attached hydrogens (tertiary/aromatic N) is 1. The van der Waals surface area contributed by atoms with Gasteiger partial charge in [0.1, 0.15) is 0 Å². The van der Waals surface area contributed by atoms with Gasteiger partial charge < -0.3 is 9.30 Å². The van der Waals surface area contributed by atoms with Crippen LogP contribution < -0.4 is 5.56 Å². The Balaban J connectivity index is 3.35. The number of ketones is 1. The lowest BCUT2D eigenvalue weighted by atomic mass is 10.1. The van der Waals surface area contributed by atoms with E-state index in [9.17, 15) is 14.4 Å². The molecule has 0 radical (unpaired) electrons. The zero-order chi connectivity index (χ0) is 13.0. The molecular formula is C12H15NO4. The second-order valence-corrected chi connectivity index (χ2v) is 3.51. The van der Waals surface area contributed by atoms with Crippen LogP contribution in [0.4, 0.5) is 0 Å². The summed E-state index contributed by atoms with van der Waals surface area (Å²) >= 11 is 0. The molecule has 0 N–H and O–H groups in total. The summed E-state index contributed by atoms with van der Waals surface area (Å²) in [6.45, 7) is 5.40. The van der Waals surface area contributed by atoms with Crippen LogP contribution in [0.3, 0.4) is 0 Å². The molecule has 0 aliphatic rings. The van der Waals surface area contributed by atoms with E-state index in [1.807, 2.05) is 0 Å². The van der Waals surface area contributed by atoms with Crippen molar-refractivity contribution in [3.05, 3.63) is 33.7 Å². The standard InChI is InChI=1S/C12H15NO4/c1-4-13-7-9(12(16)17-5-2)6-10(8(3)14)11(13)15/h6-7H,4-5H2,1-3H3. The van der Waals surface area contributed by atoms with E-state index in [-0.39, 0.29) is 29.1 Å². The molecule has 0 saturated carbocycles. The Kier molecular flexibility index (Phi) is 4.20. The van der Waals surface area contributed by atoms with Crippen LogP contribution in [0.1, 0.15) is 41.5 Å². The molecular weight excluding hydrogens is 222 g/mol. The molecule has 0 aromatic carbocycles. The van der Waals surface area contributed by atoms with E-state index in [1.54, 1.807) is 13.8 Å². The van der Waals surface area contributed by atoms with Gasteiger partial charge in [0.05, 0.1) is 17.7 Å². The number of aromatic nitrogens is 1.